The third-order valence-corrected chi connectivity index (χ3v) is 4.25. The maximum atomic E-state index is 5.77. The number of hydrogen-bond acceptors (Lipinski definition) is 3. The van der Waals surface area contributed by atoms with E-state index in [2.05, 4.69) is 44.8 Å². The Labute approximate surface area is 126 Å². The van der Waals surface area contributed by atoms with Gasteiger partial charge in [0.15, 0.2) is 0 Å². The summed E-state index contributed by atoms with van der Waals surface area (Å²) in [5, 5.41) is 3.67. The summed E-state index contributed by atoms with van der Waals surface area (Å²) in [6.07, 6.45) is 3.72. The van der Waals surface area contributed by atoms with Gasteiger partial charge < -0.3 is 10.1 Å². The molecule has 1 fully saturated rings. The van der Waals surface area contributed by atoms with Crippen LogP contribution in [0.15, 0.2) is 0 Å². The monoisotopic (exact) mass is 284 g/mol. The van der Waals surface area contributed by atoms with E-state index in [0.717, 1.165) is 38.0 Å². The fourth-order valence-electron chi connectivity index (χ4n) is 2.87. The smallest absolute Gasteiger partial charge is 0.0637 e. The maximum absolute atomic E-state index is 5.77. The highest BCUT2D eigenvalue weighted by Crippen LogP contribution is 2.18. The van der Waals surface area contributed by atoms with Gasteiger partial charge in [0, 0.05) is 18.7 Å². The van der Waals surface area contributed by atoms with Crippen LogP contribution < -0.4 is 5.32 Å². The molecule has 120 valence electrons. The molecule has 3 nitrogen and oxygen atoms in total. The molecule has 1 aliphatic rings. The average Bonchev–Trinajstić information content (AvgIpc) is 2.40. The first-order valence-corrected chi connectivity index (χ1v) is 8.59. The molecule has 20 heavy (non-hydrogen) atoms. The lowest BCUT2D eigenvalue weighted by Gasteiger charge is -2.40. The van der Waals surface area contributed by atoms with Gasteiger partial charge in [0.05, 0.1) is 6.61 Å². The standard InChI is InChI=1S/C17H36N2O/c1-6-18-16-9-12-20-13-17(16)19(10-7-14(2)3)11-8-15(4)5/h14-18H,6-13H2,1-5H3. The summed E-state index contributed by atoms with van der Waals surface area (Å²) in [4.78, 5) is 2.69. The van der Waals surface area contributed by atoms with Crippen LogP contribution in [0.5, 0.6) is 0 Å². The molecular formula is C17H36N2O. The quantitative estimate of drug-likeness (QED) is 0.704. The molecule has 1 aliphatic heterocycles. The fraction of sp³-hybridized carbons (Fsp3) is 1.00. The second-order valence-electron chi connectivity index (χ2n) is 7.00. The Bertz CT molecular complexity index is 229. The van der Waals surface area contributed by atoms with Crippen molar-refractivity contribution in [2.24, 2.45) is 11.8 Å². The Morgan fingerprint density at radius 3 is 2.20 bits per heavy atom. The molecule has 2 atom stereocenters. The Morgan fingerprint density at radius 2 is 1.70 bits per heavy atom. The van der Waals surface area contributed by atoms with Gasteiger partial charge in [-0.25, -0.2) is 0 Å². The molecule has 0 aliphatic carbocycles. The van der Waals surface area contributed by atoms with E-state index in [0.29, 0.717) is 12.1 Å². The Hall–Kier alpha value is -0.120. The van der Waals surface area contributed by atoms with Crippen molar-refractivity contribution in [3.8, 4) is 0 Å². The number of nitrogens with zero attached hydrogens (tertiary/aromatic N) is 1. The molecule has 1 heterocycles. The van der Waals surface area contributed by atoms with Crippen LogP contribution >= 0.6 is 0 Å². The highest BCUT2D eigenvalue weighted by Gasteiger charge is 2.30. The van der Waals surface area contributed by atoms with Gasteiger partial charge in [-0.05, 0) is 50.7 Å². The minimum Gasteiger partial charge on any atom is -0.380 e. The topological polar surface area (TPSA) is 24.5 Å². The van der Waals surface area contributed by atoms with Gasteiger partial charge in [0.25, 0.3) is 0 Å². The molecule has 0 aromatic rings. The SMILES string of the molecule is CCNC1CCOCC1N(CCC(C)C)CCC(C)C. The summed E-state index contributed by atoms with van der Waals surface area (Å²) in [6.45, 7) is 16.8. The predicted octanol–water partition coefficient (Wildman–Crippen LogP) is 3.15. The Kier molecular flexibility index (Phi) is 8.74. The normalized spacial score (nSPS) is 24.0. The molecule has 0 spiro atoms. The van der Waals surface area contributed by atoms with Crippen molar-refractivity contribution in [3.63, 3.8) is 0 Å². The van der Waals surface area contributed by atoms with Crippen LogP contribution in [0.3, 0.4) is 0 Å². The summed E-state index contributed by atoms with van der Waals surface area (Å²) in [7, 11) is 0. The van der Waals surface area contributed by atoms with Crippen molar-refractivity contribution in [2.75, 3.05) is 32.8 Å². The predicted molar refractivity (Wildman–Crippen MR) is 87.2 cm³/mol. The molecule has 3 heteroatoms. The van der Waals surface area contributed by atoms with E-state index in [1.54, 1.807) is 0 Å². The van der Waals surface area contributed by atoms with Crippen molar-refractivity contribution in [1.29, 1.82) is 0 Å². The van der Waals surface area contributed by atoms with Crippen LogP contribution in [0.2, 0.25) is 0 Å². The lowest BCUT2D eigenvalue weighted by Crippen LogP contribution is -2.56. The van der Waals surface area contributed by atoms with Crippen LogP contribution in [0, 0.1) is 11.8 Å². The number of nitrogens with one attached hydrogen (secondary N) is 1. The molecule has 0 aromatic heterocycles. The molecule has 0 bridgehead atoms. The van der Waals surface area contributed by atoms with E-state index in [1.807, 2.05) is 0 Å². The van der Waals surface area contributed by atoms with E-state index in [1.165, 1.54) is 25.9 Å². The molecule has 0 aromatic carbocycles. The van der Waals surface area contributed by atoms with E-state index < -0.39 is 0 Å². The van der Waals surface area contributed by atoms with Crippen LogP contribution in [0.25, 0.3) is 0 Å². The van der Waals surface area contributed by atoms with Crippen molar-refractivity contribution in [2.45, 2.75) is 66.0 Å². The first-order chi connectivity index (χ1) is 9.54. The minimum atomic E-state index is 0.557. The zero-order valence-electron chi connectivity index (χ0n) is 14.3. The Balaban J connectivity index is 2.61. The molecule has 2 unspecified atom stereocenters. The largest absolute Gasteiger partial charge is 0.380 e. The molecule has 0 radical (unpaired) electrons. The van der Waals surface area contributed by atoms with Gasteiger partial charge in [0.1, 0.15) is 0 Å². The third-order valence-electron chi connectivity index (χ3n) is 4.25. The highest BCUT2D eigenvalue weighted by molar-refractivity contribution is 4.87. The van der Waals surface area contributed by atoms with E-state index in [-0.39, 0.29) is 0 Å². The van der Waals surface area contributed by atoms with Crippen molar-refractivity contribution in [1.82, 2.24) is 10.2 Å². The molecule has 1 saturated heterocycles. The van der Waals surface area contributed by atoms with E-state index in [9.17, 15) is 0 Å². The van der Waals surface area contributed by atoms with Crippen LogP contribution in [-0.2, 0) is 4.74 Å². The fourth-order valence-corrected chi connectivity index (χ4v) is 2.87. The first kappa shape index (κ1) is 17.9. The molecule has 1 N–H and O–H groups in total. The van der Waals surface area contributed by atoms with Gasteiger partial charge in [-0.1, -0.05) is 34.6 Å². The zero-order chi connectivity index (χ0) is 15.0. The summed E-state index contributed by atoms with van der Waals surface area (Å²) in [5.41, 5.74) is 0. The number of ether oxygens (including phenoxy) is 1. The second kappa shape index (κ2) is 9.75. The Morgan fingerprint density at radius 1 is 1.10 bits per heavy atom. The summed E-state index contributed by atoms with van der Waals surface area (Å²) in [6, 6.07) is 1.16. The minimum absolute atomic E-state index is 0.557. The molecular weight excluding hydrogens is 248 g/mol. The zero-order valence-corrected chi connectivity index (χ0v) is 14.3. The van der Waals surface area contributed by atoms with Gasteiger partial charge >= 0.3 is 0 Å². The van der Waals surface area contributed by atoms with Crippen LogP contribution in [0.1, 0.15) is 53.9 Å². The summed E-state index contributed by atoms with van der Waals surface area (Å²) in [5.74, 6) is 1.55. The first-order valence-electron chi connectivity index (χ1n) is 8.59. The summed E-state index contributed by atoms with van der Waals surface area (Å²) >= 11 is 0. The average molecular weight is 284 g/mol. The molecule has 1 rings (SSSR count). The third kappa shape index (κ3) is 6.55. The van der Waals surface area contributed by atoms with Crippen LogP contribution in [-0.4, -0.2) is 49.8 Å². The van der Waals surface area contributed by atoms with Gasteiger partial charge in [-0.3, -0.25) is 4.90 Å². The van der Waals surface area contributed by atoms with Crippen molar-refractivity contribution >= 4 is 0 Å². The van der Waals surface area contributed by atoms with E-state index >= 15 is 0 Å². The van der Waals surface area contributed by atoms with Gasteiger partial charge in [-0.2, -0.15) is 0 Å². The second-order valence-corrected chi connectivity index (χ2v) is 7.00. The summed E-state index contributed by atoms with van der Waals surface area (Å²) < 4.78 is 5.77. The van der Waals surface area contributed by atoms with Gasteiger partial charge in [0.2, 0.25) is 0 Å². The molecule has 0 saturated carbocycles. The maximum Gasteiger partial charge on any atom is 0.0637 e. The number of rotatable bonds is 9. The number of hydrogen-bond donors (Lipinski definition) is 1. The lowest BCUT2D eigenvalue weighted by molar-refractivity contribution is -0.00572. The van der Waals surface area contributed by atoms with Crippen LogP contribution in [0.4, 0.5) is 0 Å². The van der Waals surface area contributed by atoms with Crippen molar-refractivity contribution < 1.29 is 4.74 Å². The van der Waals surface area contributed by atoms with Crippen molar-refractivity contribution in [3.05, 3.63) is 0 Å². The number of likely N-dealkylation sites (N-methyl/N-ethyl adjacent to an activating group) is 1. The van der Waals surface area contributed by atoms with Gasteiger partial charge in [-0.15, -0.1) is 0 Å². The lowest BCUT2D eigenvalue weighted by atomic mass is 9.99. The molecule has 0 amide bonds. The highest BCUT2D eigenvalue weighted by atomic mass is 16.5. The van der Waals surface area contributed by atoms with E-state index in [4.69, 9.17) is 4.74 Å².